The number of hydrogen-bond acceptors (Lipinski definition) is 4. The molecule has 0 spiro atoms. The van der Waals surface area contributed by atoms with Crippen molar-refractivity contribution in [1.82, 2.24) is 9.80 Å². The lowest BCUT2D eigenvalue weighted by atomic mass is 9.81. The number of likely N-dealkylation sites (tertiary alicyclic amines) is 1. The molecule has 1 aliphatic carbocycles. The number of carbonyl (C=O) groups is 3. The maximum atomic E-state index is 12.6. The van der Waals surface area contributed by atoms with Gasteiger partial charge < -0.3 is 9.64 Å². The van der Waals surface area contributed by atoms with Crippen molar-refractivity contribution in [2.45, 2.75) is 32.2 Å². The highest BCUT2D eigenvalue weighted by Gasteiger charge is 2.48. The third kappa shape index (κ3) is 3.56. The number of nitrogens with zero attached hydrogens (tertiary/aromatic N) is 2. The Morgan fingerprint density at radius 2 is 1.85 bits per heavy atom. The Labute approximate surface area is 158 Å². The highest BCUT2D eigenvalue weighted by molar-refractivity contribution is 6.30. The average molecular weight is 379 g/mol. The van der Waals surface area contributed by atoms with Crippen molar-refractivity contribution in [3.63, 3.8) is 0 Å². The zero-order valence-corrected chi connectivity index (χ0v) is 15.8. The molecule has 1 aromatic rings. The van der Waals surface area contributed by atoms with Crippen LogP contribution in [0.4, 0.5) is 0 Å². The number of likely N-dealkylation sites (N-methyl/N-ethyl adjacent to an activating group) is 1. The Hall–Kier alpha value is -2.08. The summed E-state index contributed by atoms with van der Waals surface area (Å²) in [6.07, 6.45) is 3.43. The van der Waals surface area contributed by atoms with Gasteiger partial charge in [-0.3, -0.25) is 19.3 Å². The summed E-state index contributed by atoms with van der Waals surface area (Å²) in [5, 5.41) is 0.552. The monoisotopic (exact) mass is 378 g/mol. The molecule has 0 radical (unpaired) electrons. The smallest absolute Gasteiger partial charge is 0.242 e. The van der Waals surface area contributed by atoms with Crippen molar-refractivity contribution in [2.75, 3.05) is 20.7 Å². The molecule has 7 heteroatoms. The van der Waals surface area contributed by atoms with Crippen LogP contribution in [0.3, 0.4) is 0 Å². The molecule has 1 aliphatic heterocycles. The second kappa shape index (κ2) is 7.66. The normalized spacial score (nSPS) is 22.3. The van der Waals surface area contributed by atoms with Crippen LogP contribution in [0.1, 0.15) is 31.2 Å². The Balaban J connectivity index is 1.67. The fraction of sp³-hybridized carbons (Fsp3) is 0.526. The van der Waals surface area contributed by atoms with Gasteiger partial charge in [-0.25, -0.2) is 0 Å². The van der Waals surface area contributed by atoms with E-state index < -0.39 is 0 Å². The lowest BCUT2D eigenvalue weighted by molar-refractivity contribution is -0.146. The minimum atomic E-state index is -0.285. The SMILES string of the molecule is COc1ccc(Cl)cc1CN(C)C(=O)CN1C(=O)C2CCCCC2C1=O. The van der Waals surface area contributed by atoms with Gasteiger partial charge in [0.2, 0.25) is 17.7 Å². The van der Waals surface area contributed by atoms with E-state index in [2.05, 4.69) is 0 Å². The third-order valence-corrected chi connectivity index (χ3v) is 5.54. The number of carbonyl (C=O) groups excluding carboxylic acids is 3. The number of amides is 3. The van der Waals surface area contributed by atoms with Gasteiger partial charge in [0.1, 0.15) is 12.3 Å². The maximum Gasteiger partial charge on any atom is 0.242 e. The molecule has 3 rings (SSSR count). The second-order valence-corrected chi connectivity index (χ2v) is 7.40. The fourth-order valence-electron chi connectivity index (χ4n) is 3.86. The highest BCUT2D eigenvalue weighted by Crippen LogP contribution is 2.37. The van der Waals surface area contributed by atoms with E-state index in [1.165, 1.54) is 4.90 Å². The molecule has 0 aromatic heterocycles. The number of ether oxygens (including phenoxy) is 1. The van der Waals surface area contributed by atoms with E-state index in [-0.39, 0.29) is 42.6 Å². The van der Waals surface area contributed by atoms with E-state index in [0.29, 0.717) is 10.8 Å². The van der Waals surface area contributed by atoms with E-state index in [1.54, 1.807) is 32.4 Å². The lowest BCUT2D eigenvalue weighted by Gasteiger charge is -2.22. The summed E-state index contributed by atoms with van der Waals surface area (Å²) in [6.45, 7) is 0.0791. The summed E-state index contributed by atoms with van der Waals surface area (Å²) in [7, 11) is 3.19. The zero-order chi connectivity index (χ0) is 18.8. The first-order valence-electron chi connectivity index (χ1n) is 8.84. The first-order valence-corrected chi connectivity index (χ1v) is 9.21. The summed E-state index contributed by atoms with van der Waals surface area (Å²) in [6, 6.07) is 5.20. The lowest BCUT2D eigenvalue weighted by Crippen LogP contribution is -2.41. The summed E-state index contributed by atoms with van der Waals surface area (Å²) in [5.41, 5.74) is 0.767. The van der Waals surface area contributed by atoms with Gasteiger partial charge in [-0.05, 0) is 31.0 Å². The average Bonchev–Trinajstić information content (AvgIpc) is 2.87. The van der Waals surface area contributed by atoms with Crippen LogP contribution in [0, 0.1) is 11.8 Å². The molecular weight excluding hydrogens is 356 g/mol. The second-order valence-electron chi connectivity index (χ2n) is 6.97. The van der Waals surface area contributed by atoms with Crippen LogP contribution in [0.25, 0.3) is 0 Å². The third-order valence-electron chi connectivity index (χ3n) is 5.30. The number of benzene rings is 1. The minimum Gasteiger partial charge on any atom is -0.496 e. The van der Waals surface area contributed by atoms with Gasteiger partial charge in [0.15, 0.2) is 0 Å². The molecule has 0 bridgehead atoms. The predicted molar refractivity (Wildman–Crippen MR) is 96.6 cm³/mol. The van der Waals surface area contributed by atoms with Crippen molar-refractivity contribution in [2.24, 2.45) is 11.8 Å². The fourth-order valence-corrected chi connectivity index (χ4v) is 4.05. The molecule has 1 heterocycles. The minimum absolute atomic E-state index is 0.193. The molecule has 2 aliphatic rings. The molecule has 0 N–H and O–H groups in total. The van der Waals surface area contributed by atoms with Crippen molar-refractivity contribution in [3.05, 3.63) is 28.8 Å². The van der Waals surface area contributed by atoms with E-state index in [9.17, 15) is 14.4 Å². The Morgan fingerprint density at radius 1 is 1.23 bits per heavy atom. The molecule has 1 aromatic carbocycles. The first-order chi connectivity index (χ1) is 12.4. The number of rotatable bonds is 5. The van der Waals surface area contributed by atoms with Crippen molar-refractivity contribution in [3.8, 4) is 5.75 Å². The van der Waals surface area contributed by atoms with E-state index >= 15 is 0 Å². The van der Waals surface area contributed by atoms with Gasteiger partial charge in [0, 0.05) is 24.2 Å². The summed E-state index contributed by atoms with van der Waals surface area (Å²) in [4.78, 5) is 40.2. The molecule has 1 saturated carbocycles. The first kappa shape index (κ1) is 18.7. The van der Waals surface area contributed by atoms with Gasteiger partial charge in [-0.1, -0.05) is 24.4 Å². The van der Waals surface area contributed by atoms with Crippen LogP contribution in [0.15, 0.2) is 18.2 Å². The zero-order valence-electron chi connectivity index (χ0n) is 15.0. The molecule has 2 atom stereocenters. The van der Waals surface area contributed by atoms with Gasteiger partial charge in [-0.15, -0.1) is 0 Å². The number of methoxy groups -OCH3 is 1. The van der Waals surface area contributed by atoms with Crippen LogP contribution >= 0.6 is 11.6 Å². The highest BCUT2D eigenvalue weighted by atomic mass is 35.5. The van der Waals surface area contributed by atoms with Gasteiger partial charge in [0.05, 0.1) is 18.9 Å². The summed E-state index contributed by atoms with van der Waals surface area (Å²) in [5.74, 6) is -0.505. The molecule has 3 amide bonds. The predicted octanol–water partition coefficient (Wildman–Crippen LogP) is 2.48. The van der Waals surface area contributed by atoms with Crippen molar-refractivity contribution < 1.29 is 19.1 Å². The van der Waals surface area contributed by atoms with Gasteiger partial charge in [-0.2, -0.15) is 0 Å². The molecule has 26 heavy (non-hydrogen) atoms. The maximum absolute atomic E-state index is 12.6. The van der Waals surface area contributed by atoms with Crippen LogP contribution < -0.4 is 4.74 Å². The summed E-state index contributed by atoms with van der Waals surface area (Å²) >= 11 is 6.03. The number of hydrogen-bond donors (Lipinski definition) is 0. The van der Waals surface area contributed by atoms with E-state index in [1.807, 2.05) is 0 Å². The topological polar surface area (TPSA) is 66.9 Å². The number of fused-ring (bicyclic) bond motifs is 1. The van der Waals surface area contributed by atoms with Crippen LogP contribution in [0.2, 0.25) is 5.02 Å². The number of halogens is 1. The standard InChI is InChI=1S/C19H23ClN2O4/c1-21(10-12-9-13(20)7-8-16(12)26-2)17(23)11-22-18(24)14-5-3-4-6-15(14)19(22)25/h7-9,14-15H,3-6,10-11H2,1-2H3. The number of imide groups is 1. The van der Waals surface area contributed by atoms with Crippen LogP contribution in [-0.4, -0.2) is 48.2 Å². The van der Waals surface area contributed by atoms with E-state index in [4.69, 9.17) is 16.3 Å². The van der Waals surface area contributed by atoms with E-state index in [0.717, 1.165) is 36.1 Å². The molecule has 1 saturated heterocycles. The van der Waals surface area contributed by atoms with Crippen molar-refractivity contribution >= 4 is 29.3 Å². The summed E-state index contributed by atoms with van der Waals surface area (Å²) < 4.78 is 5.30. The quantitative estimate of drug-likeness (QED) is 0.738. The molecular formula is C19H23ClN2O4. The van der Waals surface area contributed by atoms with Crippen molar-refractivity contribution in [1.29, 1.82) is 0 Å². The molecule has 6 nitrogen and oxygen atoms in total. The molecule has 2 fully saturated rings. The Bertz CT molecular complexity index is 712. The molecule has 2 unspecified atom stereocenters. The largest absolute Gasteiger partial charge is 0.496 e. The van der Waals surface area contributed by atoms with Crippen LogP contribution in [-0.2, 0) is 20.9 Å². The van der Waals surface area contributed by atoms with Gasteiger partial charge in [0.25, 0.3) is 0 Å². The Kier molecular flexibility index (Phi) is 5.51. The molecule has 140 valence electrons. The van der Waals surface area contributed by atoms with Gasteiger partial charge >= 0.3 is 0 Å². The Morgan fingerprint density at radius 3 is 2.42 bits per heavy atom. The van der Waals surface area contributed by atoms with Crippen LogP contribution in [0.5, 0.6) is 5.75 Å².